The molecule has 0 spiro atoms. The lowest BCUT2D eigenvalue weighted by molar-refractivity contribution is -0.107. The van der Waals surface area contributed by atoms with Gasteiger partial charge in [0.25, 0.3) is 0 Å². The number of aldehydes is 3. The molecule has 0 aliphatic heterocycles. The molecular weight excluding hydrogens is 144 g/mol. The molecule has 0 saturated carbocycles. The standard InChI is InChI=1S/C8H6O3/c9-3-6-1-7(4-10)8(2-6)5-11/h1,3-5H,2H2. The van der Waals surface area contributed by atoms with Crippen LogP contribution in [-0.4, -0.2) is 18.9 Å². The molecule has 0 unspecified atom stereocenters. The molecular formula is C8H6O3. The maximum atomic E-state index is 10.3. The van der Waals surface area contributed by atoms with Crippen LogP contribution in [0.1, 0.15) is 6.42 Å². The van der Waals surface area contributed by atoms with Crippen LogP contribution in [0.2, 0.25) is 0 Å². The zero-order valence-corrected chi connectivity index (χ0v) is 5.74. The van der Waals surface area contributed by atoms with Gasteiger partial charge in [-0.25, -0.2) is 0 Å². The molecule has 0 N–H and O–H groups in total. The monoisotopic (exact) mass is 150 g/mol. The Balaban J connectivity index is 2.94. The Hall–Kier alpha value is -1.51. The molecule has 3 nitrogen and oxygen atoms in total. The normalized spacial score (nSPS) is 16.2. The van der Waals surface area contributed by atoms with Crippen LogP contribution >= 0.6 is 0 Å². The fourth-order valence-corrected chi connectivity index (χ4v) is 0.961. The first-order valence-corrected chi connectivity index (χ1v) is 3.11. The highest BCUT2D eigenvalue weighted by Gasteiger charge is 2.13. The summed E-state index contributed by atoms with van der Waals surface area (Å²) in [7, 11) is 0. The summed E-state index contributed by atoms with van der Waals surface area (Å²) in [6, 6.07) is 0. The average molecular weight is 150 g/mol. The van der Waals surface area contributed by atoms with Gasteiger partial charge < -0.3 is 0 Å². The zero-order valence-electron chi connectivity index (χ0n) is 5.74. The van der Waals surface area contributed by atoms with Gasteiger partial charge >= 0.3 is 0 Å². The molecule has 11 heavy (non-hydrogen) atoms. The summed E-state index contributed by atoms with van der Waals surface area (Å²) in [6.45, 7) is 0. The van der Waals surface area contributed by atoms with Crippen LogP contribution in [0.25, 0.3) is 0 Å². The number of rotatable bonds is 3. The number of carbonyl (C=O) groups is 3. The average Bonchev–Trinajstić information content (AvgIpc) is 2.46. The van der Waals surface area contributed by atoms with E-state index in [1.165, 1.54) is 6.08 Å². The van der Waals surface area contributed by atoms with E-state index in [0.717, 1.165) is 0 Å². The minimum atomic E-state index is 0.293. The van der Waals surface area contributed by atoms with Crippen molar-refractivity contribution >= 4 is 18.9 Å². The van der Waals surface area contributed by atoms with Gasteiger partial charge in [0, 0.05) is 17.6 Å². The molecule has 1 aliphatic rings. The van der Waals surface area contributed by atoms with E-state index in [9.17, 15) is 14.4 Å². The van der Waals surface area contributed by atoms with Gasteiger partial charge in [-0.3, -0.25) is 14.4 Å². The second-order valence-electron chi connectivity index (χ2n) is 2.23. The molecule has 56 valence electrons. The lowest BCUT2D eigenvalue weighted by Gasteiger charge is -1.87. The summed E-state index contributed by atoms with van der Waals surface area (Å²) in [5, 5.41) is 0. The topological polar surface area (TPSA) is 51.2 Å². The van der Waals surface area contributed by atoms with Crippen LogP contribution in [0, 0.1) is 0 Å². The van der Waals surface area contributed by atoms with Crippen molar-refractivity contribution in [2.45, 2.75) is 6.42 Å². The van der Waals surface area contributed by atoms with Gasteiger partial charge in [0.05, 0.1) is 0 Å². The second kappa shape index (κ2) is 3.05. The van der Waals surface area contributed by atoms with Gasteiger partial charge in [-0.2, -0.15) is 0 Å². The Morgan fingerprint density at radius 1 is 1.09 bits per heavy atom. The second-order valence-corrected chi connectivity index (χ2v) is 2.23. The maximum absolute atomic E-state index is 10.3. The summed E-state index contributed by atoms with van der Waals surface area (Å²) in [6.07, 6.45) is 3.57. The van der Waals surface area contributed by atoms with Crippen molar-refractivity contribution in [1.29, 1.82) is 0 Å². The van der Waals surface area contributed by atoms with Crippen LogP contribution < -0.4 is 0 Å². The summed E-state index contributed by atoms with van der Waals surface area (Å²) < 4.78 is 0. The van der Waals surface area contributed by atoms with Gasteiger partial charge in [-0.15, -0.1) is 0 Å². The van der Waals surface area contributed by atoms with Crippen molar-refractivity contribution in [1.82, 2.24) is 0 Å². The highest BCUT2D eigenvalue weighted by atomic mass is 16.1. The van der Waals surface area contributed by atoms with Gasteiger partial charge in [0.1, 0.15) is 18.9 Å². The number of carbonyl (C=O) groups excluding carboxylic acids is 3. The first kappa shape index (κ1) is 7.60. The SMILES string of the molecule is O=CC1=CC(C=O)=C(C=O)C1. The third kappa shape index (κ3) is 1.32. The molecule has 0 radical (unpaired) electrons. The Morgan fingerprint density at radius 2 is 1.82 bits per heavy atom. The van der Waals surface area contributed by atoms with Crippen molar-refractivity contribution in [3.05, 3.63) is 22.8 Å². The molecule has 0 saturated heterocycles. The third-order valence-corrected chi connectivity index (χ3v) is 1.53. The fraction of sp³-hybridized carbons (Fsp3) is 0.125. The van der Waals surface area contributed by atoms with Crippen molar-refractivity contribution in [2.75, 3.05) is 0 Å². The summed E-state index contributed by atoms with van der Waals surface area (Å²) in [5.41, 5.74) is 1.19. The minimum Gasteiger partial charge on any atom is -0.298 e. The van der Waals surface area contributed by atoms with Gasteiger partial charge in [-0.1, -0.05) is 0 Å². The molecule has 0 heterocycles. The van der Waals surface area contributed by atoms with Crippen LogP contribution in [0.5, 0.6) is 0 Å². The Bertz CT molecular complexity index is 271. The predicted molar refractivity (Wildman–Crippen MR) is 37.9 cm³/mol. The Labute approximate surface area is 63.4 Å². The largest absolute Gasteiger partial charge is 0.298 e. The predicted octanol–water partition coefficient (Wildman–Crippen LogP) is 0.210. The van der Waals surface area contributed by atoms with Crippen molar-refractivity contribution in [2.24, 2.45) is 0 Å². The molecule has 0 amide bonds. The Kier molecular flexibility index (Phi) is 2.11. The van der Waals surface area contributed by atoms with E-state index in [2.05, 4.69) is 0 Å². The van der Waals surface area contributed by atoms with E-state index in [0.29, 0.717) is 42.0 Å². The Morgan fingerprint density at radius 3 is 2.18 bits per heavy atom. The van der Waals surface area contributed by atoms with E-state index >= 15 is 0 Å². The number of hydrogen-bond acceptors (Lipinski definition) is 3. The molecule has 3 heteroatoms. The quantitative estimate of drug-likeness (QED) is 0.540. The fourth-order valence-electron chi connectivity index (χ4n) is 0.961. The van der Waals surface area contributed by atoms with E-state index in [1.54, 1.807) is 0 Å². The van der Waals surface area contributed by atoms with Crippen LogP contribution in [0.4, 0.5) is 0 Å². The first-order valence-electron chi connectivity index (χ1n) is 3.11. The van der Waals surface area contributed by atoms with E-state index < -0.39 is 0 Å². The van der Waals surface area contributed by atoms with Crippen molar-refractivity contribution in [3.8, 4) is 0 Å². The zero-order chi connectivity index (χ0) is 8.27. The smallest absolute Gasteiger partial charge is 0.150 e. The van der Waals surface area contributed by atoms with Crippen LogP contribution in [0.3, 0.4) is 0 Å². The minimum absolute atomic E-state index is 0.293. The lowest BCUT2D eigenvalue weighted by atomic mass is 10.1. The summed E-state index contributed by atoms with van der Waals surface area (Å²) >= 11 is 0. The number of hydrogen-bond donors (Lipinski definition) is 0. The molecule has 0 aromatic carbocycles. The van der Waals surface area contributed by atoms with Crippen LogP contribution in [-0.2, 0) is 14.4 Å². The lowest BCUT2D eigenvalue weighted by Crippen LogP contribution is -1.86. The van der Waals surface area contributed by atoms with Crippen molar-refractivity contribution in [3.63, 3.8) is 0 Å². The third-order valence-electron chi connectivity index (χ3n) is 1.53. The summed E-state index contributed by atoms with van der Waals surface area (Å²) in [5.74, 6) is 0. The molecule has 1 rings (SSSR count). The molecule has 0 atom stereocenters. The summed E-state index contributed by atoms with van der Waals surface area (Å²) in [4.78, 5) is 30.7. The van der Waals surface area contributed by atoms with Gasteiger partial charge in [-0.05, 0) is 11.6 Å². The number of allylic oxidation sites excluding steroid dienone is 4. The molecule has 0 fully saturated rings. The highest BCUT2D eigenvalue weighted by Crippen LogP contribution is 2.20. The van der Waals surface area contributed by atoms with Crippen LogP contribution in [0.15, 0.2) is 22.8 Å². The van der Waals surface area contributed by atoms with E-state index in [1.807, 2.05) is 0 Å². The van der Waals surface area contributed by atoms with E-state index in [-0.39, 0.29) is 0 Å². The van der Waals surface area contributed by atoms with Gasteiger partial charge in [0.15, 0.2) is 0 Å². The highest BCUT2D eigenvalue weighted by molar-refractivity contribution is 5.96. The maximum Gasteiger partial charge on any atom is 0.150 e. The van der Waals surface area contributed by atoms with Gasteiger partial charge in [0.2, 0.25) is 0 Å². The molecule has 1 aliphatic carbocycles. The van der Waals surface area contributed by atoms with E-state index in [4.69, 9.17) is 0 Å². The first-order chi connectivity index (χ1) is 5.31. The molecule has 0 aromatic rings. The molecule has 0 aromatic heterocycles. The molecule has 0 bridgehead atoms. The van der Waals surface area contributed by atoms with Crippen molar-refractivity contribution < 1.29 is 14.4 Å².